The Morgan fingerprint density at radius 1 is 1.08 bits per heavy atom. The normalized spacial score (nSPS) is 21.8. The highest BCUT2D eigenvalue weighted by Crippen LogP contribution is 2.40. The van der Waals surface area contributed by atoms with Crippen molar-refractivity contribution < 1.29 is 9.47 Å². The molecule has 25 heavy (non-hydrogen) atoms. The number of ether oxygens (including phenoxy) is 2. The average Bonchev–Trinajstić information content (AvgIpc) is 2.61. The molecule has 0 radical (unpaired) electrons. The quantitative estimate of drug-likeness (QED) is 0.561. The molecule has 0 saturated heterocycles. The molecule has 1 unspecified atom stereocenters. The van der Waals surface area contributed by atoms with Gasteiger partial charge in [0.2, 0.25) is 5.96 Å². The number of allylic oxidation sites excluding steroid dienone is 4. The summed E-state index contributed by atoms with van der Waals surface area (Å²) in [6.45, 7) is 1.66. The molecule has 1 heterocycles. The van der Waals surface area contributed by atoms with Crippen LogP contribution in [0.25, 0.3) is 0 Å². The van der Waals surface area contributed by atoms with Crippen LogP contribution in [0.4, 0.5) is 0 Å². The summed E-state index contributed by atoms with van der Waals surface area (Å²) in [5, 5.41) is 0. The first-order valence-electron chi connectivity index (χ1n) is 8.23. The van der Waals surface area contributed by atoms with E-state index in [0.29, 0.717) is 19.8 Å². The maximum atomic E-state index is 5.73. The highest BCUT2D eigenvalue weighted by atomic mass is 16.6. The third-order valence-corrected chi connectivity index (χ3v) is 4.34. The molecule has 6 N–H and O–H groups in total. The van der Waals surface area contributed by atoms with Crippen molar-refractivity contribution in [1.29, 1.82) is 0 Å². The van der Waals surface area contributed by atoms with Crippen LogP contribution in [0.2, 0.25) is 0 Å². The van der Waals surface area contributed by atoms with Crippen molar-refractivity contribution in [2.24, 2.45) is 27.2 Å². The van der Waals surface area contributed by atoms with Gasteiger partial charge >= 0.3 is 0 Å². The van der Waals surface area contributed by atoms with Gasteiger partial charge in [-0.15, -0.1) is 0 Å². The van der Waals surface area contributed by atoms with E-state index in [1.165, 1.54) is 0 Å². The van der Waals surface area contributed by atoms with E-state index >= 15 is 0 Å². The summed E-state index contributed by atoms with van der Waals surface area (Å²) in [6.07, 6.45) is 10.1. The van der Waals surface area contributed by atoms with Crippen LogP contribution in [0, 0.1) is 0 Å². The van der Waals surface area contributed by atoms with E-state index < -0.39 is 0 Å². The minimum absolute atomic E-state index is 0.0904. The van der Waals surface area contributed by atoms with Gasteiger partial charge in [-0.05, 0) is 30.5 Å². The first-order chi connectivity index (χ1) is 12.1. The van der Waals surface area contributed by atoms with Crippen LogP contribution in [-0.2, 0) is 5.41 Å². The number of rotatable bonds is 4. The molecule has 0 bridgehead atoms. The summed E-state index contributed by atoms with van der Waals surface area (Å²) in [5.74, 6) is 1.57. The van der Waals surface area contributed by atoms with Crippen LogP contribution in [-0.4, -0.2) is 31.7 Å². The number of nitrogens with two attached hydrogens (primary N) is 3. The van der Waals surface area contributed by atoms with Crippen molar-refractivity contribution in [3.05, 3.63) is 48.1 Å². The lowest BCUT2D eigenvalue weighted by Crippen LogP contribution is -2.28. The average molecular weight is 341 g/mol. The Morgan fingerprint density at radius 3 is 2.60 bits per heavy atom. The first kappa shape index (κ1) is 16.9. The van der Waals surface area contributed by atoms with E-state index in [4.69, 9.17) is 26.7 Å². The summed E-state index contributed by atoms with van der Waals surface area (Å²) >= 11 is 0. The molecule has 1 aromatic carbocycles. The van der Waals surface area contributed by atoms with Crippen LogP contribution in [0.15, 0.2) is 52.5 Å². The Balaban J connectivity index is 1.83. The van der Waals surface area contributed by atoms with Crippen molar-refractivity contribution in [2.45, 2.75) is 18.3 Å². The van der Waals surface area contributed by atoms with Gasteiger partial charge in [0.15, 0.2) is 17.5 Å². The maximum absolute atomic E-state index is 5.73. The summed E-state index contributed by atoms with van der Waals surface area (Å²) in [6, 6.07) is 6.11. The number of fused-ring (bicyclic) bond motifs is 1. The Labute approximate surface area is 146 Å². The van der Waals surface area contributed by atoms with Gasteiger partial charge in [-0.2, -0.15) is 4.99 Å². The molecule has 0 spiro atoms. The lowest BCUT2D eigenvalue weighted by molar-refractivity contribution is 0.171. The van der Waals surface area contributed by atoms with Gasteiger partial charge in [0.25, 0.3) is 0 Å². The van der Waals surface area contributed by atoms with Crippen LogP contribution in [0.1, 0.15) is 18.4 Å². The molecule has 132 valence electrons. The largest absolute Gasteiger partial charge is 0.486 e. The summed E-state index contributed by atoms with van der Waals surface area (Å²) < 4.78 is 11.3. The van der Waals surface area contributed by atoms with Crippen molar-refractivity contribution in [2.75, 3.05) is 19.8 Å². The Bertz CT molecular complexity index is 750. The van der Waals surface area contributed by atoms with Gasteiger partial charge in [-0.3, -0.25) is 4.99 Å². The monoisotopic (exact) mass is 341 g/mol. The van der Waals surface area contributed by atoms with E-state index in [1.807, 2.05) is 12.1 Å². The maximum Gasteiger partial charge on any atom is 0.218 e. The van der Waals surface area contributed by atoms with Crippen LogP contribution < -0.4 is 26.7 Å². The summed E-state index contributed by atoms with van der Waals surface area (Å²) in [4.78, 5) is 7.99. The Hall–Kier alpha value is -2.96. The number of hydrogen-bond donors (Lipinski definition) is 3. The van der Waals surface area contributed by atoms with Gasteiger partial charge in [0, 0.05) is 12.0 Å². The zero-order chi connectivity index (χ0) is 17.7. The standard InChI is InChI=1S/C18H23N5O2/c19-16(20)23-17(21)22-9-8-18(6-2-1-3-7-18)13-4-5-14-15(12-13)25-11-10-24-14/h1-6,12H,7-11H2,(H6,19,20,21,22,23). The van der Waals surface area contributed by atoms with Gasteiger partial charge in [0.1, 0.15) is 13.2 Å². The number of nitrogens with zero attached hydrogens (tertiary/aromatic N) is 2. The van der Waals surface area contributed by atoms with Crippen LogP contribution >= 0.6 is 0 Å². The number of aliphatic imine (C=N–C) groups is 2. The fourth-order valence-corrected chi connectivity index (χ4v) is 3.10. The molecule has 7 nitrogen and oxygen atoms in total. The Kier molecular flexibility index (Phi) is 4.92. The zero-order valence-electron chi connectivity index (χ0n) is 14.0. The van der Waals surface area contributed by atoms with E-state index in [0.717, 1.165) is 29.9 Å². The van der Waals surface area contributed by atoms with Gasteiger partial charge < -0.3 is 26.7 Å². The van der Waals surface area contributed by atoms with Gasteiger partial charge in [0.05, 0.1) is 0 Å². The minimum atomic E-state index is -0.174. The molecule has 7 heteroatoms. The number of hydrogen-bond acceptors (Lipinski definition) is 3. The number of benzene rings is 1. The number of guanidine groups is 2. The molecule has 1 atom stereocenters. The predicted molar refractivity (Wildman–Crippen MR) is 98.9 cm³/mol. The Morgan fingerprint density at radius 2 is 1.88 bits per heavy atom. The molecular formula is C18H23N5O2. The lowest BCUT2D eigenvalue weighted by Gasteiger charge is -2.32. The second-order valence-corrected chi connectivity index (χ2v) is 6.03. The van der Waals surface area contributed by atoms with E-state index in [9.17, 15) is 0 Å². The van der Waals surface area contributed by atoms with E-state index in [1.54, 1.807) is 0 Å². The molecular weight excluding hydrogens is 318 g/mol. The highest BCUT2D eigenvalue weighted by Gasteiger charge is 2.30. The van der Waals surface area contributed by atoms with Crippen molar-refractivity contribution in [1.82, 2.24) is 0 Å². The third-order valence-electron chi connectivity index (χ3n) is 4.34. The molecule has 3 rings (SSSR count). The van der Waals surface area contributed by atoms with Crippen LogP contribution in [0.5, 0.6) is 11.5 Å². The van der Waals surface area contributed by atoms with E-state index in [-0.39, 0.29) is 17.3 Å². The molecule has 0 amide bonds. The SMILES string of the molecule is NC(N)=NC(N)=NCCC1(c2ccc3c(c2)OCCO3)C=CC=CC1. The molecule has 0 saturated carbocycles. The van der Waals surface area contributed by atoms with E-state index in [2.05, 4.69) is 40.3 Å². The minimum Gasteiger partial charge on any atom is -0.486 e. The van der Waals surface area contributed by atoms with Gasteiger partial charge in [-0.25, -0.2) is 0 Å². The molecule has 1 aromatic rings. The van der Waals surface area contributed by atoms with Crippen molar-refractivity contribution in [3.8, 4) is 11.5 Å². The fraction of sp³-hybridized carbons (Fsp3) is 0.333. The lowest BCUT2D eigenvalue weighted by atomic mass is 9.73. The molecule has 0 fully saturated rings. The summed E-state index contributed by atoms with van der Waals surface area (Å²) in [7, 11) is 0. The second-order valence-electron chi connectivity index (χ2n) is 6.03. The van der Waals surface area contributed by atoms with Crippen molar-refractivity contribution in [3.63, 3.8) is 0 Å². The first-order valence-corrected chi connectivity index (χ1v) is 8.23. The molecule has 0 aromatic heterocycles. The zero-order valence-corrected chi connectivity index (χ0v) is 14.0. The topological polar surface area (TPSA) is 121 Å². The highest BCUT2D eigenvalue weighted by molar-refractivity contribution is 5.92. The third kappa shape index (κ3) is 3.93. The van der Waals surface area contributed by atoms with Crippen molar-refractivity contribution >= 4 is 11.9 Å². The van der Waals surface area contributed by atoms with Gasteiger partial charge in [-0.1, -0.05) is 30.4 Å². The van der Waals surface area contributed by atoms with Crippen LogP contribution in [0.3, 0.4) is 0 Å². The predicted octanol–water partition coefficient (Wildman–Crippen LogP) is 1.19. The second kappa shape index (κ2) is 7.29. The smallest absolute Gasteiger partial charge is 0.218 e. The molecule has 2 aliphatic rings. The molecule has 1 aliphatic carbocycles. The summed E-state index contributed by atoms with van der Waals surface area (Å²) in [5.41, 5.74) is 17.3. The fourth-order valence-electron chi connectivity index (χ4n) is 3.10. The molecule has 1 aliphatic heterocycles.